The van der Waals surface area contributed by atoms with Crippen LogP contribution in [0.4, 0.5) is 4.79 Å². The van der Waals surface area contributed by atoms with Gasteiger partial charge in [0, 0.05) is 31.0 Å². The van der Waals surface area contributed by atoms with E-state index >= 15 is 0 Å². The number of rotatable bonds is 5. The van der Waals surface area contributed by atoms with Gasteiger partial charge >= 0.3 is 6.09 Å². The lowest BCUT2D eigenvalue weighted by molar-refractivity contribution is 0.0352. The zero-order valence-corrected chi connectivity index (χ0v) is 14.8. The topological polar surface area (TPSA) is 50.4 Å². The fourth-order valence-electron chi connectivity index (χ4n) is 4.22. The van der Waals surface area contributed by atoms with Crippen LogP contribution in [-0.4, -0.2) is 31.3 Å². The Balaban J connectivity index is 1.41. The van der Waals surface area contributed by atoms with Crippen LogP contribution in [0.3, 0.4) is 0 Å². The van der Waals surface area contributed by atoms with Crippen molar-refractivity contribution in [3.8, 4) is 11.1 Å². The summed E-state index contributed by atoms with van der Waals surface area (Å²) in [6.45, 7) is 1.86. The average molecular weight is 348 g/mol. The van der Waals surface area contributed by atoms with Crippen LogP contribution in [-0.2, 0) is 4.74 Å². The molecule has 4 nitrogen and oxygen atoms in total. The van der Waals surface area contributed by atoms with Crippen LogP contribution in [0.15, 0.2) is 48.5 Å². The van der Waals surface area contributed by atoms with Crippen molar-refractivity contribution in [2.24, 2.45) is 5.92 Å². The first-order valence-corrected chi connectivity index (χ1v) is 9.65. The molecule has 134 valence electrons. The lowest BCUT2D eigenvalue weighted by Gasteiger charge is -2.35. The number of nitrogens with one attached hydrogen (secondary N) is 2. The average Bonchev–Trinajstić information content (AvgIpc) is 3.36. The molecule has 1 saturated heterocycles. The van der Waals surface area contributed by atoms with Crippen molar-refractivity contribution in [2.75, 3.05) is 13.1 Å². The number of hydrogen-bond donors (Lipinski definition) is 2. The molecule has 1 amide bonds. The van der Waals surface area contributed by atoms with Gasteiger partial charge in [0.25, 0.3) is 0 Å². The van der Waals surface area contributed by atoms with Crippen LogP contribution < -0.4 is 10.6 Å². The maximum atomic E-state index is 12.3. The number of carbonyl (C=O) groups is 1. The summed E-state index contributed by atoms with van der Waals surface area (Å²) in [5, 5.41) is 6.29. The molecule has 26 heavy (non-hydrogen) atoms. The van der Waals surface area contributed by atoms with Gasteiger partial charge in [-0.2, -0.15) is 0 Å². The van der Waals surface area contributed by atoms with Gasteiger partial charge < -0.3 is 15.4 Å². The predicted octanol–water partition coefficient (Wildman–Crippen LogP) is 3.67. The molecule has 1 heterocycles. The Bertz CT molecular complexity index is 781. The summed E-state index contributed by atoms with van der Waals surface area (Å²) in [5.74, 6) is 0.696. The van der Waals surface area contributed by atoms with Gasteiger partial charge in [-0.3, -0.25) is 0 Å². The van der Waals surface area contributed by atoms with E-state index in [-0.39, 0.29) is 12.2 Å². The maximum Gasteiger partial charge on any atom is 0.407 e. The van der Waals surface area contributed by atoms with Crippen molar-refractivity contribution in [2.45, 2.75) is 37.3 Å². The lowest BCUT2D eigenvalue weighted by Crippen LogP contribution is -2.51. The molecule has 1 unspecified atom stereocenters. The summed E-state index contributed by atoms with van der Waals surface area (Å²) in [6.07, 6.45) is 2.70. The van der Waals surface area contributed by atoms with E-state index in [0.717, 1.165) is 32.4 Å². The van der Waals surface area contributed by atoms with Crippen LogP contribution in [0.5, 0.6) is 0 Å². The number of ether oxygens (including phenoxy) is 1. The van der Waals surface area contributed by atoms with Crippen LogP contribution >= 0.6 is 0 Å². The molecular weight excluding hydrogens is 324 g/mol. The molecule has 2 N–H and O–H groups in total. The fourth-order valence-corrected chi connectivity index (χ4v) is 4.22. The largest absolute Gasteiger partial charge is 0.446 e. The van der Waals surface area contributed by atoms with E-state index in [1.54, 1.807) is 0 Å². The first-order valence-electron chi connectivity index (χ1n) is 9.65. The highest BCUT2D eigenvalue weighted by Gasteiger charge is 2.37. The Morgan fingerprint density at radius 1 is 1.04 bits per heavy atom. The van der Waals surface area contributed by atoms with Gasteiger partial charge in [-0.25, -0.2) is 4.79 Å². The van der Waals surface area contributed by atoms with Crippen molar-refractivity contribution in [1.29, 1.82) is 0 Å². The quantitative estimate of drug-likeness (QED) is 0.867. The molecule has 1 aliphatic heterocycles. The fraction of sp³-hybridized carbons (Fsp3) is 0.409. The monoisotopic (exact) mass is 348 g/mol. The molecule has 4 heteroatoms. The first kappa shape index (κ1) is 15.9. The minimum absolute atomic E-state index is 0.0563. The Labute approximate surface area is 153 Å². The third-order valence-corrected chi connectivity index (χ3v) is 5.93. The lowest BCUT2D eigenvalue weighted by atomic mass is 9.84. The molecule has 2 aromatic rings. The van der Waals surface area contributed by atoms with Gasteiger partial charge in [0.2, 0.25) is 0 Å². The number of carbonyl (C=O) groups excluding carboxylic acids is 1. The first-order chi connectivity index (χ1) is 12.8. The van der Waals surface area contributed by atoms with Crippen LogP contribution in [0.2, 0.25) is 0 Å². The zero-order chi connectivity index (χ0) is 17.5. The van der Waals surface area contributed by atoms with Crippen LogP contribution in [0.25, 0.3) is 11.1 Å². The van der Waals surface area contributed by atoms with Gasteiger partial charge in [-0.15, -0.1) is 0 Å². The molecule has 0 aromatic heterocycles. The van der Waals surface area contributed by atoms with E-state index in [2.05, 4.69) is 59.2 Å². The second-order valence-corrected chi connectivity index (χ2v) is 7.74. The molecular formula is C22H24N2O2. The highest BCUT2D eigenvalue weighted by Crippen LogP contribution is 2.47. The Kier molecular flexibility index (Phi) is 3.93. The molecule has 1 atom stereocenters. The highest BCUT2D eigenvalue weighted by molar-refractivity contribution is 5.78. The van der Waals surface area contributed by atoms with E-state index < -0.39 is 0 Å². The van der Waals surface area contributed by atoms with Gasteiger partial charge in [0.15, 0.2) is 0 Å². The summed E-state index contributed by atoms with van der Waals surface area (Å²) < 4.78 is 5.91. The van der Waals surface area contributed by atoms with Gasteiger partial charge in [-0.1, -0.05) is 48.5 Å². The minimum Gasteiger partial charge on any atom is -0.446 e. The predicted molar refractivity (Wildman–Crippen MR) is 101 cm³/mol. The van der Waals surface area contributed by atoms with Gasteiger partial charge in [-0.05, 0) is 41.5 Å². The molecule has 5 rings (SSSR count). The standard InChI is InChI=1S/C22H24N2O2/c25-22(24-15-9-10-15)26-21(14-12-23-13-14)11-20-18-7-3-1-5-16(18)17-6-2-4-8-19(17)20/h1-8,14-15,20-21,23H,9-13H2,(H,24,25). The summed E-state index contributed by atoms with van der Waals surface area (Å²) in [7, 11) is 0. The minimum atomic E-state index is -0.246. The smallest absolute Gasteiger partial charge is 0.407 e. The van der Waals surface area contributed by atoms with E-state index in [0.29, 0.717) is 17.9 Å². The van der Waals surface area contributed by atoms with Crippen molar-refractivity contribution in [1.82, 2.24) is 10.6 Å². The van der Waals surface area contributed by atoms with Crippen LogP contribution in [0, 0.1) is 5.92 Å². The van der Waals surface area contributed by atoms with E-state index in [1.165, 1.54) is 22.3 Å². The molecule has 2 aromatic carbocycles. The number of alkyl carbamates (subject to hydrolysis) is 1. The Morgan fingerprint density at radius 3 is 2.19 bits per heavy atom. The second-order valence-electron chi connectivity index (χ2n) is 7.74. The highest BCUT2D eigenvalue weighted by atomic mass is 16.6. The molecule has 1 saturated carbocycles. The molecule has 3 aliphatic rings. The molecule has 0 spiro atoms. The summed E-state index contributed by atoms with van der Waals surface area (Å²) in [6, 6.07) is 17.6. The molecule has 0 radical (unpaired) electrons. The number of hydrogen-bond acceptors (Lipinski definition) is 3. The third kappa shape index (κ3) is 2.88. The van der Waals surface area contributed by atoms with Gasteiger partial charge in [0.05, 0.1) is 0 Å². The van der Waals surface area contributed by atoms with Crippen molar-refractivity contribution in [3.63, 3.8) is 0 Å². The summed E-state index contributed by atoms with van der Waals surface area (Å²) in [5.41, 5.74) is 5.36. The third-order valence-electron chi connectivity index (χ3n) is 5.93. The van der Waals surface area contributed by atoms with Gasteiger partial charge in [0.1, 0.15) is 6.10 Å². The summed E-state index contributed by atoms with van der Waals surface area (Å²) in [4.78, 5) is 12.3. The van der Waals surface area contributed by atoms with E-state index in [1.807, 2.05) is 0 Å². The van der Waals surface area contributed by atoms with E-state index in [4.69, 9.17) is 4.74 Å². The summed E-state index contributed by atoms with van der Waals surface area (Å²) >= 11 is 0. The van der Waals surface area contributed by atoms with Crippen molar-refractivity contribution < 1.29 is 9.53 Å². The SMILES string of the molecule is O=C(NC1CC1)OC(CC1c2ccccc2-c2ccccc21)C1CNC1. The van der Waals surface area contributed by atoms with Crippen molar-refractivity contribution in [3.05, 3.63) is 59.7 Å². The Hall–Kier alpha value is -2.33. The molecule has 2 fully saturated rings. The number of amides is 1. The molecule has 0 bridgehead atoms. The number of fused-ring (bicyclic) bond motifs is 3. The normalized spacial score (nSPS) is 20.0. The molecule has 2 aliphatic carbocycles. The second kappa shape index (κ2) is 6.44. The maximum absolute atomic E-state index is 12.3. The zero-order valence-electron chi connectivity index (χ0n) is 14.8. The van der Waals surface area contributed by atoms with Crippen LogP contribution in [0.1, 0.15) is 36.3 Å². The van der Waals surface area contributed by atoms with E-state index in [9.17, 15) is 4.79 Å². The number of benzene rings is 2. The Morgan fingerprint density at radius 2 is 1.65 bits per heavy atom. The van der Waals surface area contributed by atoms with Crippen molar-refractivity contribution >= 4 is 6.09 Å².